The van der Waals surface area contributed by atoms with Crippen molar-refractivity contribution in [2.24, 2.45) is 3.50 Å². The maximum absolute atomic E-state index is 10.9. The van der Waals surface area contributed by atoms with Gasteiger partial charge in [0.2, 0.25) is 0 Å². The molecule has 0 aromatic rings. The van der Waals surface area contributed by atoms with Gasteiger partial charge in [0, 0.05) is 147 Å². The molecule has 0 aromatic heterocycles. The quantitative estimate of drug-likeness (QED) is 0.306. The summed E-state index contributed by atoms with van der Waals surface area (Å²) in [5.74, 6) is 0. The zero-order valence-corrected chi connectivity index (χ0v) is 38.4. The molecule has 0 radical (unpaired) electrons. The van der Waals surface area contributed by atoms with Crippen LogP contribution in [-0.4, -0.2) is 15.2 Å². The molecule has 0 heterocycles. The molecule has 0 saturated carbocycles. The fourth-order valence-corrected chi connectivity index (χ4v) is 2.18. The Morgan fingerprint density at radius 3 is 1.50 bits per heavy atom. The number of nitrogens with zero attached hydrogens (tertiary/aromatic N) is 2. The first-order chi connectivity index (χ1) is 6.99. The molecule has 0 saturated heterocycles. The summed E-state index contributed by atoms with van der Waals surface area (Å²) in [5, 5.41) is 0. The van der Waals surface area contributed by atoms with E-state index in [1.807, 2.05) is 27.2 Å². The summed E-state index contributed by atoms with van der Waals surface area (Å²) in [5.41, 5.74) is 2.47. The third-order valence-corrected chi connectivity index (χ3v) is 3.50. The normalized spacial score (nSPS) is 8.82. The van der Waals surface area contributed by atoms with Gasteiger partial charge in [0.05, 0.1) is 0 Å². The summed E-state index contributed by atoms with van der Waals surface area (Å²) in [4.78, 5) is 12.4. The van der Waals surface area contributed by atoms with Crippen molar-refractivity contribution < 1.29 is 191 Å². The molecule has 0 aromatic carbocycles. The summed E-state index contributed by atoms with van der Waals surface area (Å²) in [6.45, 7) is 7.50. The minimum Gasteiger partial charge on any atom is 0 e. The van der Waals surface area contributed by atoms with E-state index < -0.39 is 0 Å². The molecule has 0 spiro atoms. The summed E-state index contributed by atoms with van der Waals surface area (Å²) >= 11 is 2.45. The first-order valence-electron chi connectivity index (χ1n) is 4.24. The van der Waals surface area contributed by atoms with Gasteiger partial charge in [-0.25, -0.2) is 0 Å². The first kappa shape index (κ1) is 50.5. The van der Waals surface area contributed by atoms with E-state index in [1.54, 1.807) is 6.92 Å². The van der Waals surface area contributed by atoms with E-state index in [9.17, 15) is 4.79 Å². The molecule has 1 amide bonds. The van der Waals surface area contributed by atoms with Crippen molar-refractivity contribution in [1.29, 1.82) is 0 Å². The molecular weight excluding hydrogens is 1820 g/mol. The van der Waals surface area contributed by atoms with Crippen LogP contribution in [0.25, 0.3) is 0 Å². The average molecular weight is 1830 g/mol. The van der Waals surface area contributed by atoms with E-state index >= 15 is 0 Å². The van der Waals surface area contributed by atoms with E-state index in [1.165, 1.54) is 24.3 Å². The Labute approximate surface area is 255 Å². The molecular formula is C10H12N2OW9-2. The number of rotatable bonds is 5. The molecule has 0 unspecified atom stereocenters. The molecule has 0 fully saturated rings. The van der Waals surface area contributed by atoms with E-state index in [-0.39, 0.29) is 147 Å². The molecule has 0 rings (SSSR count). The zero-order chi connectivity index (χ0) is 12.0. The van der Waals surface area contributed by atoms with Gasteiger partial charge < -0.3 is 0 Å². The second kappa shape index (κ2) is 30.5. The predicted molar refractivity (Wildman–Crippen MR) is 51.4 cm³/mol. The molecule has 0 aliphatic rings. The number of carbonyl (C=O) groups excluding carboxylic acids is 1. The van der Waals surface area contributed by atoms with Gasteiger partial charge in [-0.2, -0.15) is 0 Å². The third-order valence-electron chi connectivity index (χ3n) is 1.83. The number of hydrogen-bond acceptors (Lipinski definition) is 2. The molecule has 0 aliphatic carbocycles. The van der Waals surface area contributed by atoms with Gasteiger partial charge in [-0.3, -0.25) is 0 Å². The maximum atomic E-state index is 10.9. The van der Waals surface area contributed by atoms with Gasteiger partial charge in [0.25, 0.3) is 0 Å². The third kappa shape index (κ3) is 19.6. The Morgan fingerprint density at radius 2 is 1.32 bits per heavy atom. The van der Waals surface area contributed by atoms with Gasteiger partial charge in [-0.1, -0.05) is 0 Å². The van der Waals surface area contributed by atoms with Crippen molar-refractivity contribution in [3.05, 3.63) is 23.2 Å². The van der Waals surface area contributed by atoms with Crippen LogP contribution in [0.1, 0.15) is 27.7 Å². The fourth-order valence-electron chi connectivity index (χ4n) is 1.01. The van der Waals surface area contributed by atoms with Crippen LogP contribution in [-0.2, 0) is 191 Å². The van der Waals surface area contributed by atoms with Crippen molar-refractivity contribution in [3.63, 3.8) is 0 Å². The molecule has 0 bridgehead atoms. The van der Waals surface area contributed by atoms with Crippen molar-refractivity contribution in [2.45, 2.75) is 27.7 Å². The number of amides is 1. The van der Waals surface area contributed by atoms with Crippen LogP contribution in [0.2, 0.25) is 0 Å². The van der Waals surface area contributed by atoms with E-state index in [4.69, 9.17) is 0 Å². The molecule has 0 aliphatic heterocycles. The van der Waals surface area contributed by atoms with Crippen LogP contribution in [0.4, 0.5) is 0 Å². The second-order valence-corrected chi connectivity index (χ2v) is 5.70. The predicted octanol–water partition coefficient (Wildman–Crippen LogP) is 1.77. The van der Waals surface area contributed by atoms with Crippen molar-refractivity contribution >= 4 is 10.3 Å². The molecule has 12 heteroatoms. The van der Waals surface area contributed by atoms with Gasteiger partial charge in [0.15, 0.2) is 0 Å². The minimum atomic E-state index is 0. The molecule has 3 nitrogen and oxygen atoms in total. The Morgan fingerprint density at radius 1 is 0.955 bits per heavy atom. The first-order valence-corrected chi connectivity index (χ1v) is 7.01. The van der Waals surface area contributed by atoms with E-state index in [0.29, 0.717) is 0 Å². The van der Waals surface area contributed by atoms with E-state index in [0.717, 1.165) is 40.6 Å². The van der Waals surface area contributed by atoms with Crippen LogP contribution in [0.5, 0.6) is 0 Å². The molecule has 0 atom stereocenters. The Hall–Kier alpha value is 4.81. The van der Waals surface area contributed by atoms with Crippen molar-refractivity contribution in [2.75, 3.05) is 0 Å². The second-order valence-electron chi connectivity index (χ2n) is 2.84. The molecule has 22 heavy (non-hydrogen) atoms. The molecule has 0 N–H and O–H groups in total. The summed E-state index contributed by atoms with van der Waals surface area (Å²) in [6.07, 6.45) is 4.85. The number of hydrogen-bond donors (Lipinski definition) is 0. The van der Waals surface area contributed by atoms with Gasteiger partial charge in [0.1, 0.15) is 0 Å². The van der Waals surface area contributed by atoms with Crippen LogP contribution in [0.15, 0.2) is 20.6 Å². The summed E-state index contributed by atoms with van der Waals surface area (Å²) in [6, 6.07) is 0. The summed E-state index contributed by atoms with van der Waals surface area (Å²) < 4.78 is 5.31. The SMILES string of the molecule is C[C-]=C(C)N([C-]=O)C([C](C)=[W])=C(C)[N]=[W].[W].[W].[W].[W].[W].[W].[W]. The Kier molecular flexibility index (Phi) is 70.1. The fraction of sp³-hybridized carbons (Fsp3) is 0.400. The van der Waals surface area contributed by atoms with Gasteiger partial charge >= 0.3 is 113 Å². The van der Waals surface area contributed by atoms with Crippen LogP contribution >= 0.6 is 0 Å². The Bertz CT molecular complexity index is 358. The van der Waals surface area contributed by atoms with Crippen LogP contribution < -0.4 is 0 Å². The maximum Gasteiger partial charge on any atom is 0 e. The van der Waals surface area contributed by atoms with Crippen molar-refractivity contribution in [1.82, 2.24) is 4.90 Å². The topological polar surface area (TPSA) is 32.7 Å². The van der Waals surface area contributed by atoms with E-state index in [2.05, 4.69) is 9.57 Å². The largest absolute Gasteiger partial charge is 0 e. The average Bonchev–Trinajstić information content (AvgIpc) is 2.22. The monoisotopic (exact) mass is 1830 g/mol. The standard InChI is InChI=1S/C10H12N2O.9W/c1-5-8(3)12(7-13)10(6-2)9(4)11;;;;;;;;;/h1-4H3;;;;;;;;;/q-2;;;;;;;;;. The summed E-state index contributed by atoms with van der Waals surface area (Å²) in [7, 11) is 0. The van der Waals surface area contributed by atoms with Crippen molar-refractivity contribution in [3.8, 4) is 0 Å². The van der Waals surface area contributed by atoms with Gasteiger partial charge in [-0.05, 0) is 0 Å². The number of allylic oxidation sites excluding steroid dienone is 4. The van der Waals surface area contributed by atoms with Crippen LogP contribution in [0.3, 0.4) is 0 Å². The Balaban J connectivity index is -0.0000000467. The molecule has 124 valence electrons. The van der Waals surface area contributed by atoms with Crippen LogP contribution in [0, 0.1) is 6.08 Å². The van der Waals surface area contributed by atoms with Gasteiger partial charge in [-0.15, -0.1) is 0 Å². The zero-order valence-electron chi connectivity index (χ0n) is 12.0. The smallest absolute Gasteiger partial charge is 0 e. The minimum absolute atomic E-state index is 0.